The summed E-state index contributed by atoms with van der Waals surface area (Å²) in [5.74, 6) is 0.313. The monoisotopic (exact) mass is 256 g/mol. The van der Waals surface area contributed by atoms with Crippen molar-refractivity contribution in [2.24, 2.45) is 0 Å². The van der Waals surface area contributed by atoms with Crippen LogP contribution < -0.4 is 15.8 Å². The summed E-state index contributed by atoms with van der Waals surface area (Å²) in [6.45, 7) is 0.470. The standard InChI is InChI=1S/C15H16N2O2/c1-19-14-8-7-12(16)9-13(14)15(18)17-10-11-5-3-2-4-6-11/h2-9H,10,16H2,1H3,(H,17,18). The Labute approximate surface area is 112 Å². The summed E-state index contributed by atoms with van der Waals surface area (Å²) >= 11 is 0. The third-order valence-electron chi connectivity index (χ3n) is 2.76. The van der Waals surface area contributed by atoms with Crippen molar-refractivity contribution in [2.45, 2.75) is 6.54 Å². The quantitative estimate of drug-likeness (QED) is 0.824. The molecule has 0 heterocycles. The number of nitrogens with one attached hydrogen (secondary N) is 1. The molecule has 0 saturated heterocycles. The summed E-state index contributed by atoms with van der Waals surface area (Å²) in [7, 11) is 1.53. The van der Waals surface area contributed by atoms with Gasteiger partial charge in [0, 0.05) is 12.2 Å². The summed E-state index contributed by atoms with van der Waals surface area (Å²) in [5, 5.41) is 2.84. The highest BCUT2D eigenvalue weighted by atomic mass is 16.5. The smallest absolute Gasteiger partial charge is 0.255 e. The fourth-order valence-corrected chi connectivity index (χ4v) is 1.78. The van der Waals surface area contributed by atoms with Crippen LogP contribution in [0.4, 0.5) is 5.69 Å². The zero-order valence-corrected chi connectivity index (χ0v) is 10.7. The first kappa shape index (κ1) is 13.0. The summed E-state index contributed by atoms with van der Waals surface area (Å²) in [6, 6.07) is 14.7. The predicted molar refractivity (Wildman–Crippen MR) is 75.0 cm³/mol. The number of carbonyl (C=O) groups is 1. The van der Waals surface area contributed by atoms with Crippen LogP contribution in [-0.4, -0.2) is 13.0 Å². The molecule has 98 valence electrons. The Morgan fingerprint density at radius 2 is 1.95 bits per heavy atom. The molecule has 0 spiro atoms. The molecular weight excluding hydrogens is 240 g/mol. The molecule has 0 bridgehead atoms. The van der Waals surface area contributed by atoms with E-state index in [0.717, 1.165) is 5.56 Å². The first-order valence-electron chi connectivity index (χ1n) is 5.96. The molecule has 2 aromatic rings. The maximum Gasteiger partial charge on any atom is 0.255 e. The number of ether oxygens (including phenoxy) is 1. The molecule has 0 unspecified atom stereocenters. The van der Waals surface area contributed by atoms with Crippen molar-refractivity contribution in [1.82, 2.24) is 5.32 Å². The highest BCUT2D eigenvalue weighted by Crippen LogP contribution is 2.20. The van der Waals surface area contributed by atoms with E-state index in [9.17, 15) is 4.79 Å². The number of carbonyl (C=O) groups excluding carboxylic acids is 1. The van der Waals surface area contributed by atoms with E-state index in [2.05, 4.69) is 5.32 Å². The number of benzene rings is 2. The zero-order chi connectivity index (χ0) is 13.7. The number of anilines is 1. The molecule has 4 nitrogen and oxygen atoms in total. The van der Waals surface area contributed by atoms with E-state index in [1.54, 1.807) is 18.2 Å². The Bertz CT molecular complexity index is 568. The Morgan fingerprint density at radius 1 is 1.21 bits per heavy atom. The number of nitrogen functional groups attached to an aromatic ring is 1. The van der Waals surface area contributed by atoms with E-state index in [-0.39, 0.29) is 5.91 Å². The second-order valence-electron chi connectivity index (χ2n) is 4.13. The van der Waals surface area contributed by atoms with Gasteiger partial charge < -0.3 is 15.8 Å². The zero-order valence-electron chi connectivity index (χ0n) is 10.7. The van der Waals surface area contributed by atoms with E-state index < -0.39 is 0 Å². The van der Waals surface area contributed by atoms with Crippen molar-refractivity contribution >= 4 is 11.6 Å². The molecule has 3 N–H and O–H groups in total. The number of amides is 1. The molecule has 4 heteroatoms. The van der Waals surface area contributed by atoms with Gasteiger partial charge in [0.1, 0.15) is 5.75 Å². The fraction of sp³-hybridized carbons (Fsp3) is 0.133. The second kappa shape index (κ2) is 5.91. The average Bonchev–Trinajstić information content (AvgIpc) is 2.46. The molecule has 0 aromatic heterocycles. The van der Waals surface area contributed by atoms with Crippen molar-refractivity contribution in [3.63, 3.8) is 0 Å². The van der Waals surface area contributed by atoms with Crippen LogP contribution in [-0.2, 0) is 6.54 Å². The largest absolute Gasteiger partial charge is 0.496 e. The van der Waals surface area contributed by atoms with Crippen LogP contribution >= 0.6 is 0 Å². The van der Waals surface area contributed by atoms with E-state index >= 15 is 0 Å². The van der Waals surface area contributed by atoms with Gasteiger partial charge in [-0.15, -0.1) is 0 Å². The summed E-state index contributed by atoms with van der Waals surface area (Å²) < 4.78 is 5.16. The van der Waals surface area contributed by atoms with E-state index in [0.29, 0.717) is 23.5 Å². The molecule has 0 saturated carbocycles. The van der Waals surface area contributed by atoms with Crippen molar-refractivity contribution in [3.05, 3.63) is 59.7 Å². The maximum atomic E-state index is 12.1. The number of methoxy groups -OCH3 is 1. The van der Waals surface area contributed by atoms with Crippen molar-refractivity contribution in [2.75, 3.05) is 12.8 Å². The van der Waals surface area contributed by atoms with Gasteiger partial charge in [0.05, 0.1) is 12.7 Å². The topological polar surface area (TPSA) is 64.3 Å². The molecule has 0 fully saturated rings. The number of rotatable bonds is 4. The minimum Gasteiger partial charge on any atom is -0.496 e. The number of hydrogen-bond donors (Lipinski definition) is 2. The van der Waals surface area contributed by atoms with Gasteiger partial charge in [0.25, 0.3) is 5.91 Å². The van der Waals surface area contributed by atoms with Gasteiger partial charge in [0.2, 0.25) is 0 Å². The lowest BCUT2D eigenvalue weighted by Crippen LogP contribution is -2.23. The molecule has 0 aliphatic carbocycles. The van der Waals surface area contributed by atoms with Crippen LogP contribution in [0.1, 0.15) is 15.9 Å². The molecule has 2 rings (SSSR count). The first-order chi connectivity index (χ1) is 9.20. The van der Waals surface area contributed by atoms with Gasteiger partial charge in [-0.1, -0.05) is 30.3 Å². The lowest BCUT2D eigenvalue weighted by Gasteiger charge is -2.10. The van der Waals surface area contributed by atoms with E-state index in [1.165, 1.54) is 7.11 Å². The van der Waals surface area contributed by atoms with Crippen molar-refractivity contribution in [1.29, 1.82) is 0 Å². The van der Waals surface area contributed by atoms with Crippen molar-refractivity contribution < 1.29 is 9.53 Å². The third kappa shape index (κ3) is 3.25. The number of hydrogen-bond acceptors (Lipinski definition) is 3. The Kier molecular flexibility index (Phi) is 4.03. The summed E-state index contributed by atoms with van der Waals surface area (Å²) in [6.07, 6.45) is 0. The third-order valence-corrected chi connectivity index (χ3v) is 2.76. The highest BCUT2D eigenvalue weighted by molar-refractivity contribution is 5.97. The summed E-state index contributed by atoms with van der Waals surface area (Å²) in [4.78, 5) is 12.1. The highest BCUT2D eigenvalue weighted by Gasteiger charge is 2.12. The first-order valence-corrected chi connectivity index (χ1v) is 5.96. The molecule has 1 amide bonds. The second-order valence-corrected chi connectivity index (χ2v) is 4.13. The van der Waals surface area contributed by atoms with Gasteiger partial charge >= 0.3 is 0 Å². The Morgan fingerprint density at radius 3 is 2.63 bits per heavy atom. The molecule has 0 aliphatic rings. The minimum atomic E-state index is -0.201. The molecule has 0 atom stereocenters. The van der Waals surface area contributed by atoms with E-state index in [4.69, 9.17) is 10.5 Å². The van der Waals surface area contributed by atoms with Gasteiger partial charge in [-0.25, -0.2) is 0 Å². The van der Waals surface area contributed by atoms with Crippen LogP contribution in [0.3, 0.4) is 0 Å². The van der Waals surface area contributed by atoms with Crippen LogP contribution in [0, 0.1) is 0 Å². The van der Waals surface area contributed by atoms with Gasteiger partial charge in [-0.2, -0.15) is 0 Å². The SMILES string of the molecule is COc1ccc(N)cc1C(=O)NCc1ccccc1. The normalized spacial score (nSPS) is 9.95. The lowest BCUT2D eigenvalue weighted by atomic mass is 10.1. The molecule has 19 heavy (non-hydrogen) atoms. The Balaban J connectivity index is 2.10. The maximum absolute atomic E-state index is 12.1. The average molecular weight is 256 g/mol. The number of nitrogens with two attached hydrogens (primary N) is 1. The summed E-state index contributed by atoms with van der Waals surface area (Å²) in [5.41, 5.74) is 7.71. The molecule has 0 aliphatic heterocycles. The predicted octanol–water partition coefficient (Wildman–Crippen LogP) is 2.21. The molecular formula is C15H16N2O2. The van der Waals surface area contributed by atoms with Crippen molar-refractivity contribution in [3.8, 4) is 5.75 Å². The van der Waals surface area contributed by atoms with Gasteiger partial charge in [-0.3, -0.25) is 4.79 Å². The van der Waals surface area contributed by atoms with Gasteiger partial charge in [-0.05, 0) is 23.8 Å². The van der Waals surface area contributed by atoms with Crippen LogP contribution in [0.25, 0.3) is 0 Å². The fourth-order valence-electron chi connectivity index (χ4n) is 1.78. The van der Waals surface area contributed by atoms with Crippen LogP contribution in [0.5, 0.6) is 5.75 Å². The Hall–Kier alpha value is -2.49. The van der Waals surface area contributed by atoms with Crippen LogP contribution in [0.2, 0.25) is 0 Å². The van der Waals surface area contributed by atoms with E-state index in [1.807, 2.05) is 30.3 Å². The molecule has 0 radical (unpaired) electrons. The van der Waals surface area contributed by atoms with Crippen LogP contribution in [0.15, 0.2) is 48.5 Å². The van der Waals surface area contributed by atoms with Gasteiger partial charge in [0.15, 0.2) is 0 Å². The minimum absolute atomic E-state index is 0.201. The molecule has 2 aromatic carbocycles. The lowest BCUT2D eigenvalue weighted by molar-refractivity contribution is 0.0948.